The highest BCUT2D eigenvalue weighted by atomic mass is 15.0. The molecule has 1 atom stereocenters. The van der Waals surface area contributed by atoms with Crippen LogP contribution in [-0.4, -0.2) is 19.5 Å². The Morgan fingerprint density at radius 3 is 2.05 bits per heavy atom. The average Bonchev–Trinajstić information content (AvgIpc) is 3.78. The zero-order valence-corrected chi connectivity index (χ0v) is 31.3. The fourth-order valence-corrected chi connectivity index (χ4v) is 9.68. The number of rotatable bonds is 4. The molecule has 2 aromatic heterocycles. The topological polar surface area (TPSA) is 43.6 Å². The van der Waals surface area contributed by atoms with Crippen molar-refractivity contribution in [3.05, 3.63) is 193 Å². The van der Waals surface area contributed by atoms with E-state index in [4.69, 9.17) is 21.5 Å². The highest BCUT2D eigenvalue weighted by molar-refractivity contribution is 6.12. The van der Waals surface area contributed by atoms with Gasteiger partial charge in [0.1, 0.15) is 0 Å². The molecule has 0 radical (unpaired) electrons. The number of hydrogen-bond donors (Lipinski definition) is 0. The number of hydrogen-bond acceptors (Lipinski definition) is 3. The van der Waals surface area contributed by atoms with Gasteiger partial charge in [0.15, 0.2) is 17.5 Å². The molecule has 0 amide bonds. The molecule has 57 heavy (non-hydrogen) atoms. The van der Waals surface area contributed by atoms with E-state index in [2.05, 4.69) is 150 Å². The van der Waals surface area contributed by atoms with E-state index in [-0.39, 0.29) is 5.92 Å². The molecule has 0 saturated carbocycles. The van der Waals surface area contributed by atoms with Crippen LogP contribution in [0.2, 0.25) is 0 Å². The fraction of sp³-hybridized carbons (Fsp3) is 0.0755. The maximum atomic E-state index is 5.13. The summed E-state index contributed by atoms with van der Waals surface area (Å²) in [4.78, 5) is 15.2. The normalized spacial score (nSPS) is 15.6. The zero-order valence-electron chi connectivity index (χ0n) is 31.3. The van der Waals surface area contributed by atoms with Gasteiger partial charge in [-0.1, -0.05) is 152 Å². The van der Waals surface area contributed by atoms with Crippen molar-refractivity contribution in [1.29, 1.82) is 0 Å². The summed E-state index contributed by atoms with van der Waals surface area (Å²) < 4.78 is 2.60. The smallest absolute Gasteiger partial charge is 0.164 e. The van der Waals surface area contributed by atoms with Crippen LogP contribution in [0.5, 0.6) is 0 Å². The van der Waals surface area contributed by atoms with E-state index < -0.39 is 0 Å². The van der Waals surface area contributed by atoms with Gasteiger partial charge in [0.2, 0.25) is 0 Å². The second-order valence-electron chi connectivity index (χ2n) is 15.6. The standard InChI is InChI=1S/C53H36N4/c1-32-47-30-39(53-55-51(36-14-3-2-4-15-36)54-52(56-53)38-20-19-33-11-5-6-16-37(33)29-38)23-25-43(47)44-28-24-40(31-48(32)44)57-49-41-17-9-7-12-34(41)21-26-45(49)46-27-22-35-13-8-10-18-42(35)50(46)57/h2-21,23-26,28-30,48H,1,22,27,31H2. The molecule has 4 heteroatoms. The van der Waals surface area contributed by atoms with E-state index in [9.17, 15) is 0 Å². The summed E-state index contributed by atoms with van der Waals surface area (Å²) in [6, 6.07) is 54.1. The number of nitrogens with zero attached hydrogens (tertiary/aromatic N) is 4. The quantitative estimate of drug-likeness (QED) is 0.181. The van der Waals surface area contributed by atoms with Crippen molar-refractivity contribution >= 4 is 49.3 Å². The van der Waals surface area contributed by atoms with E-state index in [1.54, 1.807) is 0 Å². The minimum Gasteiger partial charge on any atom is -0.312 e. The first-order valence-corrected chi connectivity index (χ1v) is 19.9. The van der Waals surface area contributed by atoms with Crippen LogP contribution in [0.15, 0.2) is 170 Å². The van der Waals surface area contributed by atoms with E-state index in [1.165, 1.54) is 71.8 Å². The molecular weight excluding hydrogens is 693 g/mol. The number of aromatic nitrogens is 4. The van der Waals surface area contributed by atoms with E-state index in [1.807, 2.05) is 18.2 Å². The van der Waals surface area contributed by atoms with Crippen LogP contribution in [-0.2, 0) is 12.8 Å². The Balaban J connectivity index is 0.975. The number of allylic oxidation sites excluding steroid dienone is 5. The Morgan fingerprint density at radius 2 is 1.19 bits per heavy atom. The van der Waals surface area contributed by atoms with E-state index in [0.717, 1.165) is 46.9 Å². The van der Waals surface area contributed by atoms with Crippen molar-refractivity contribution in [2.45, 2.75) is 19.3 Å². The number of aryl methyl sites for hydroxylation is 2. The minimum absolute atomic E-state index is 0.170. The Labute approximate surface area is 330 Å². The average molecular weight is 729 g/mol. The second-order valence-corrected chi connectivity index (χ2v) is 15.6. The molecule has 3 aliphatic rings. The van der Waals surface area contributed by atoms with Gasteiger partial charge >= 0.3 is 0 Å². The molecule has 12 rings (SSSR count). The lowest BCUT2D eigenvalue weighted by Crippen LogP contribution is -2.11. The molecule has 3 aliphatic carbocycles. The molecule has 9 aromatic rings. The SMILES string of the molecule is C=C1c2cc(-c3nc(-c4ccccc4)nc(-c4ccc5ccccc5c4)n3)ccc2C2=CC=C(n3c4c(c5ccc6ccccc6c53)CCc3ccccc3-4)CC12. The van der Waals surface area contributed by atoms with Crippen LogP contribution in [0.3, 0.4) is 0 Å². The van der Waals surface area contributed by atoms with Gasteiger partial charge < -0.3 is 4.57 Å². The molecule has 268 valence electrons. The van der Waals surface area contributed by atoms with Gasteiger partial charge in [0.05, 0.1) is 11.2 Å². The van der Waals surface area contributed by atoms with Gasteiger partial charge in [0.25, 0.3) is 0 Å². The first-order chi connectivity index (χ1) is 28.2. The Morgan fingerprint density at radius 1 is 0.509 bits per heavy atom. The first-order valence-electron chi connectivity index (χ1n) is 19.9. The molecule has 2 heterocycles. The molecule has 0 N–H and O–H groups in total. The van der Waals surface area contributed by atoms with Crippen molar-refractivity contribution in [3.8, 4) is 45.4 Å². The molecular formula is C53H36N4. The molecule has 0 saturated heterocycles. The maximum absolute atomic E-state index is 5.13. The third-order valence-corrected chi connectivity index (χ3v) is 12.4. The summed E-state index contributed by atoms with van der Waals surface area (Å²) >= 11 is 0. The van der Waals surface area contributed by atoms with Crippen LogP contribution in [0.1, 0.15) is 28.7 Å². The Kier molecular flexibility index (Phi) is 7.00. The lowest BCUT2D eigenvalue weighted by Gasteiger charge is -2.26. The van der Waals surface area contributed by atoms with Crippen molar-refractivity contribution in [1.82, 2.24) is 19.5 Å². The number of benzene rings is 7. The van der Waals surface area contributed by atoms with Crippen molar-refractivity contribution < 1.29 is 0 Å². The lowest BCUT2D eigenvalue weighted by molar-refractivity contribution is 0.853. The summed E-state index contributed by atoms with van der Waals surface area (Å²) in [6.07, 6.45) is 7.69. The van der Waals surface area contributed by atoms with Gasteiger partial charge in [-0.3, -0.25) is 0 Å². The summed E-state index contributed by atoms with van der Waals surface area (Å²) in [5.74, 6) is 2.14. The largest absolute Gasteiger partial charge is 0.312 e. The Bertz CT molecular complexity index is 3240. The van der Waals surface area contributed by atoms with Crippen molar-refractivity contribution in [2.24, 2.45) is 5.92 Å². The second kappa shape index (κ2) is 12.4. The van der Waals surface area contributed by atoms with Crippen LogP contribution in [0.4, 0.5) is 0 Å². The van der Waals surface area contributed by atoms with E-state index in [0.29, 0.717) is 17.5 Å². The Hall–Kier alpha value is -7.17. The third kappa shape index (κ3) is 4.97. The molecule has 7 aromatic carbocycles. The van der Waals surface area contributed by atoms with Gasteiger partial charge in [0, 0.05) is 44.6 Å². The van der Waals surface area contributed by atoms with Gasteiger partial charge in [-0.15, -0.1) is 0 Å². The summed E-state index contributed by atoms with van der Waals surface area (Å²) in [7, 11) is 0. The van der Waals surface area contributed by atoms with Crippen LogP contribution in [0.25, 0.3) is 94.7 Å². The summed E-state index contributed by atoms with van der Waals surface area (Å²) in [5.41, 5.74) is 16.0. The molecule has 0 aliphatic heterocycles. The predicted octanol–water partition coefficient (Wildman–Crippen LogP) is 12.9. The first kappa shape index (κ1) is 32.1. The molecule has 0 bridgehead atoms. The minimum atomic E-state index is 0.170. The van der Waals surface area contributed by atoms with E-state index >= 15 is 0 Å². The monoisotopic (exact) mass is 728 g/mol. The van der Waals surface area contributed by atoms with Gasteiger partial charge in [-0.05, 0) is 87.0 Å². The molecule has 1 unspecified atom stereocenters. The van der Waals surface area contributed by atoms with Gasteiger partial charge in [-0.25, -0.2) is 15.0 Å². The lowest BCUT2D eigenvalue weighted by atomic mass is 9.87. The molecule has 0 fully saturated rings. The van der Waals surface area contributed by atoms with Crippen LogP contribution in [0, 0.1) is 5.92 Å². The highest BCUT2D eigenvalue weighted by Crippen LogP contribution is 2.53. The maximum Gasteiger partial charge on any atom is 0.164 e. The van der Waals surface area contributed by atoms with Crippen molar-refractivity contribution in [2.75, 3.05) is 0 Å². The van der Waals surface area contributed by atoms with Gasteiger partial charge in [-0.2, -0.15) is 0 Å². The fourth-order valence-electron chi connectivity index (χ4n) is 9.68. The summed E-state index contributed by atoms with van der Waals surface area (Å²) in [6.45, 7) is 4.79. The number of fused-ring (bicyclic) bond motifs is 11. The highest BCUT2D eigenvalue weighted by Gasteiger charge is 2.35. The van der Waals surface area contributed by atoms with Crippen molar-refractivity contribution in [3.63, 3.8) is 0 Å². The predicted molar refractivity (Wildman–Crippen MR) is 235 cm³/mol. The molecule has 0 spiro atoms. The van der Waals surface area contributed by atoms with Crippen LogP contribution >= 0.6 is 0 Å². The zero-order chi connectivity index (χ0) is 37.6. The molecule has 4 nitrogen and oxygen atoms in total. The summed E-state index contributed by atoms with van der Waals surface area (Å²) in [5, 5.41) is 6.27. The third-order valence-electron chi connectivity index (χ3n) is 12.4. The van der Waals surface area contributed by atoms with Crippen LogP contribution < -0.4 is 0 Å².